The number of para-hydroxylation sites is 2. The Morgan fingerprint density at radius 3 is 2.72 bits per heavy atom. The van der Waals surface area contributed by atoms with E-state index in [1.807, 2.05) is 54.6 Å². The van der Waals surface area contributed by atoms with E-state index in [1.165, 1.54) is 11.3 Å². The summed E-state index contributed by atoms with van der Waals surface area (Å²) in [5.41, 5.74) is 3.18. The van der Waals surface area contributed by atoms with Gasteiger partial charge in [0.2, 0.25) is 0 Å². The van der Waals surface area contributed by atoms with Crippen LogP contribution in [0.4, 0.5) is 0 Å². The molecule has 0 saturated carbocycles. The highest BCUT2D eigenvalue weighted by molar-refractivity contribution is 7.15. The third-order valence-corrected chi connectivity index (χ3v) is 6.58. The molecule has 0 radical (unpaired) electrons. The van der Waals surface area contributed by atoms with Gasteiger partial charge in [-0.1, -0.05) is 58.8 Å². The summed E-state index contributed by atoms with van der Waals surface area (Å²) < 4.78 is 13.7. The fraction of sp³-hybridized carbons (Fsp3) is 0.0833. The van der Waals surface area contributed by atoms with Crippen LogP contribution in [0.3, 0.4) is 0 Å². The first-order valence-electron chi connectivity index (χ1n) is 9.70. The number of ether oxygens (including phenoxy) is 2. The Bertz CT molecular complexity index is 1580. The van der Waals surface area contributed by atoms with Crippen molar-refractivity contribution in [2.75, 3.05) is 7.11 Å². The van der Waals surface area contributed by atoms with Crippen LogP contribution >= 0.6 is 34.5 Å². The molecule has 32 heavy (non-hydrogen) atoms. The number of benzene rings is 3. The Hall–Kier alpha value is -3.06. The maximum Gasteiger partial charge on any atom is 0.274 e. The summed E-state index contributed by atoms with van der Waals surface area (Å²) in [5, 5.41) is 1.11. The van der Waals surface area contributed by atoms with E-state index in [0.717, 1.165) is 22.2 Å². The van der Waals surface area contributed by atoms with Crippen LogP contribution in [0.15, 0.2) is 65.5 Å². The molecule has 0 spiro atoms. The first-order valence-corrected chi connectivity index (χ1v) is 11.3. The van der Waals surface area contributed by atoms with Crippen molar-refractivity contribution in [2.45, 2.75) is 6.61 Å². The van der Waals surface area contributed by atoms with Gasteiger partial charge < -0.3 is 9.47 Å². The number of hydrogen-bond acceptors (Lipinski definition) is 5. The van der Waals surface area contributed by atoms with E-state index in [2.05, 4.69) is 4.98 Å². The lowest BCUT2D eigenvalue weighted by Crippen LogP contribution is -2.22. The number of nitrogens with zero attached hydrogens (tertiary/aromatic N) is 2. The van der Waals surface area contributed by atoms with E-state index in [4.69, 9.17) is 32.7 Å². The lowest BCUT2D eigenvalue weighted by atomic mass is 10.2. The molecule has 5 nitrogen and oxygen atoms in total. The van der Waals surface area contributed by atoms with Gasteiger partial charge in [-0.05, 0) is 48.0 Å². The van der Waals surface area contributed by atoms with E-state index in [-0.39, 0.29) is 12.2 Å². The summed E-state index contributed by atoms with van der Waals surface area (Å²) in [4.78, 5) is 18.2. The molecule has 160 valence electrons. The molecule has 8 heteroatoms. The standard InChI is InChI=1S/C24H16Cl2N2O3S/c1-30-21-10-14(6-9-20(21)31-13-15-7-8-16(25)12-17(15)26)11-22-23(29)28-19-5-3-2-4-18(19)27-24(28)32-22/h2-12H,13H2,1H3/b22-11-. The third kappa shape index (κ3) is 3.81. The Labute approximate surface area is 197 Å². The number of hydrogen-bond donors (Lipinski definition) is 0. The van der Waals surface area contributed by atoms with E-state index >= 15 is 0 Å². The first-order chi connectivity index (χ1) is 15.5. The monoisotopic (exact) mass is 482 g/mol. The largest absolute Gasteiger partial charge is 0.493 e. The van der Waals surface area contributed by atoms with Gasteiger partial charge in [-0.2, -0.15) is 0 Å². The topological polar surface area (TPSA) is 52.8 Å². The van der Waals surface area contributed by atoms with Crippen molar-refractivity contribution in [1.82, 2.24) is 9.38 Å². The maximum absolute atomic E-state index is 13.0. The van der Waals surface area contributed by atoms with Gasteiger partial charge in [0.05, 0.1) is 22.7 Å². The molecular formula is C24H16Cl2N2O3S. The van der Waals surface area contributed by atoms with Gasteiger partial charge in [-0.25, -0.2) is 9.38 Å². The van der Waals surface area contributed by atoms with Crippen LogP contribution in [-0.2, 0) is 6.61 Å². The molecule has 0 fully saturated rings. The number of methoxy groups -OCH3 is 1. The van der Waals surface area contributed by atoms with Crippen LogP contribution in [0.1, 0.15) is 11.1 Å². The molecule has 3 aromatic carbocycles. The minimum atomic E-state index is -0.0876. The minimum Gasteiger partial charge on any atom is -0.493 e. The SMILES string of the molecule is COc1cc(/C=c2\sc3nc4ccccc4n3c2=O)ccc1OCc1ccc(Cl)cc1Cl. The van der Waals surface area contributed by atoms with Crippen molar-refractivity contribution >= 4 is 56.6 Å². The molecule has 0 amide bonds. The van der Waals surface area contributed by atoms with Crippen LogP contribution in [-0.4, -0.2) is 16.5 Å². The molecule has 0 unspecified atom stereocenters. The van der Waals surface area contributed by atoms with Crippen LogP contribution in [0, 0.1) is 0 Å². The second kappa shape index (κ2) is 8.47. The lowest BCUT2D eigenvalue weighted by molar-refractivity contribution is 0.284. The minimum absolute atomic E-state index is 0.0876. The van der Waals surface area contributed by atoms with Gasteiger partial charge >= 0.3 is 0 Å². The average Bonchev–Trinajstić information content (AvgIpc) is 3.29. The number of fused-ring (bicyclic) bond motifs is 3. The second-order valence-electron chi connectivity index (χ2n) is 7.07. The smallest absolute Gasteiger partial charge is 0.274 e. The lowest BCUT2D eigenvalue weighted by Gasteiger charge is -2.12. The fourth-order valence-corrected chi connectivity index (χ4v) is 4.90. The zero-order chi connectivity index (χ0) is 22.2. The van der Waals surface area contributed by atoms with Gasteiger partial charge in [0, 0.05) is 15.6 Å². The fourth-order valence-electron chi connectivity index (χ4n) is 3.45. The average molecular weight is 483 g/mol. The molecular weight excluding hydrogens is 467 g/mol. The predicted octanol–water partition coefficient (Wildman–Crippen LogP) is 5.35. The normalized spacial score (nSPS) is 12.0. The maximum atomic E-state index is 13.0. The third-order valence-electron chi connectivity index (χ3n) is 5.03. The van der Waals surface area contributed by atoms with Crippen LogP contribution in [0.5, 0.6) is 11.5 Å². The van der Waals surface area contributed by atoms with Gasteiger partial charge in [0.1, 0.15) is 6.61 Å². The highest BCUT2D eigenvalue weighted by Crippen LogP contribution is 2.30. The van der Waals surface area contributed by atoms with Gasteiger partial charge in [-0.3, -0.25) is 4.79 Å². The number of aromatic nitrogens is 2. The summed E-state index contributed by atoms with van der Waals surface area (Å²) in [6, 6.07) is 18.4. The second-order valence-corrected chi connectivity index (χ2v) is 8.92. The van der Waals surface area contributed by atoms with Gasteiger partial charge in [0.15, 0.2) is 16.5 Å². The predicted molar refractivity (Wildman–Crippen MR) is 129 cm³/mol. The van der Waals surface area contributed by atoms with Gasteiger partial charge in [0.25, 0.3) is 5.56 Å². The zero-order valence-corrected chi connectivity index (χ0v) is 19.2. The summed E-state index contributed by atoms with van der Waals surface area (Å²) in [6.07, 6.45) is 1.83. The molecule has 2 heterocycles. The molecule has 0 N–H and O–H groups in total. The van der Waals surface area contributed by atoms with E-state index in [1.54, 1.807) is 23.6 Å². The van der Waals surface area contributed by atoms with E-state index in [0.29, 0.717) is 31.0 Å². The van der Waals surface area contributed by atoms with Crippen molar-refractivity contribution < 1.29 is 9.47 Å². The number of rotatable bonds is 5. The molecule has 0 bridgehead atoms. The quantitative estimate of drug-likeness (QED) is 0.338. The Kier molecular flexibility index (Phi) is 5.51. The molecule has 0 aliphatic rings. The first kappa shape index (κ1) is 20.8. The zero-order valence-electron chi connectivity index (χ0n) is 16.8. The molecule has 0 atom stereocenters. The van der Waals surface area contributed by atoms with Crippen molar-refractivity contribution in [3.8, 4) is 11.5 Å². The molecule has 5 rings (SSSR count). The Morgan fingerprint density at radius 2 is 1.91 bits per heavy atom. The van der Waals surface area contributed by atoms with Crippen molar-refractivity contribution in [2.24, 2.45) is 0 Å². The Morgan fingerprint density at radius 1 is 1.06 bits per heavy atom. The molecule has 0 aliphatic carbocycles. The molecule has 5 aromatic rings. The Balaban J connectivity index is 1.46. The van der Waals surface area contributed by atoms with Crippen LogP contribution < -0.4 is 19.6 Å². The summed E-state index contributed by atoms with van der Waals surface area (Å²) in [5.74, 6) is 1.13. The highest BCUT2D eigenvalue weighted by Gasteiger charge is 2.12. The van der Waals surface area contributed by atoms with Gasteiger partial charge in [-0.15, -0.1) is 0 Å². The molecule has 0 saturated heterocycles. The summed E-state index contributed by atoms with van der Waals surface area (Å²) >= 11 is 13.5. The summed E-state index contributed by atoms with van der Waals surface area (Å²) in [6.45, 7) is 0.273. The van der Waals surface area contributed by atoms with E-state index in [9.17, 15) is 4.79 Å². The van der Waals surface area contributed by atoms with Crippen molar-refractivity contribution in [3.05, 3.63) is 96.7 Å². The molecule has 0 aliphatic heterocycles. The van der Waals surface area contributed by atoms with Crippen molar-refractivity contribution in [1.29, 1.82) is 0 Å². The van der Waals surface area contributed by atoms with Crippen LogP contribution in [0.2, 0.25) is 10.0 Å². The summed E-state index contributed by atoms with van der Waals surface area (Å²) in [7, 11) is 1.58. The highest BCUT2D eigenvalue weighted by atomic mass is 35.5. The van der Waals surface area contributed by atoms with Crippen molar-refractivity contribution in [3.63, 3.8) is 0 Å². The number of imidazole rings is 1. The number of thiazole rings is 1. The molecule has 2 aromatic heterocycles. The van der Waals surface area contributed by atoms with E-state index < -0.39 is 0 Å². The number of halogens is 2. The van der Waals surface area contributed by atoms with Crippen LogP contribution in [0.25, 0.3) is 22.1 Å².